The fraction of sp³-hybridized carbons (Fsp3) is 0.929. The van der Waals surface area contributed by atoms with Crippen molar-refractivity contribution in [3.63, 3.8) is 0 Å². The number of amides is 1. The zero-order valence-electron chi connectivity index (χ0n) is 11.4. The summed E-state index contributed by atoms with van der Waals surface area (Å²) in [7, 11) is 0. The zero-order chi connectivity index (χ0) is 13.2. The van der Waals surface area contributed by atoms with Crippen LogP contribution in [0.25, 0.3) is 0 Å². The Kier molecular flexibility index (Phi) is 3.97. The van der Waals surface area contributed by atoms with Crippen molar-refractivity contribution in [3.05, 3.63) is 0 Å². The third-order valence-corrected chi connectivity index (χ3v) is 4.72. The summed E-state index contributed by atoms with van der Waals surface area (Å²) in [6.45, 7) is 2.21. The summed E-state index contributed by atoms with van der Waals surface area (Å²) in [5.74, 6) is 0.506. The van der Waals surface area contributed by atoms with Gasteiger partial charge in [0.05, 0.1) is 17.7 Å². The average Bonchev–Trinajstić information content (AvgIpc) is 2.77. The molecule has 0 radical (unpaired) electrons. The van der Waals surface area contributed by atoms with Crippen LogP contribution in [0.4, 0.5) is 0 Å². The smallest absolute Gasteiger partial charge is 0.240 e. The lowest BCUT2D eigenvalue weighted by atomic mass is 9.76. The first-order valence-corrected chi connectivity index (χ1v) is 7.22. The van der Waals surface area contributed by atoms with Gasteiger partial charge in [0.1, 0.15) is 0 Å². The van der Waals surface area contributed by atoms with E-state index in [4.69, 9.17) is 5.73 Å². The van der Waals surface area contributed by atoms with Gasteiger partial charge in [-0.2, -0.15) is 0 Å². The van der Waals surface area contributed by atoms with Gasteiger partial charge in [-0.05, 0) is 31.6 Å². The van der Waals surface area contributed by atoms with Crippen LogP contribution in [-0.2, 0) is 4.79 Å². The number of carbonyl (C=O) groups excluding carboxylic acids is 1. The maximum Gasteiger partial charge on any atom is 0.240 e. The standard InChI is InChI=1S/C14H26N2O2/c1-11-5-4-6-13(9-11,10-17)16-12(18)14(15)7-2-3-8-14/h11,17H,2-10,15H2,1H3,(H,16,18). The number of carbonyl (C=O) groups is 1. The Bertz CT molecular complexity index is 313. The molecule has 0 heterocycles. The van der Waals surface area contributed by atoms with E-state index in [1.807, 2.05) is 0 Å². The average molecular weight is 254 g/mol. The van der Waals surface area contributed by atoms with Crippen molar-refractivity contribution in [1.29, 1.82) is 0 Å². The van der Waals surface area contributed by atoms with Gasteiger partial charge in [-0.3, -0.25) is 4.79 Å². The summed E-state index contributed by atoms with van der Waals surface area (Å²) >= 11 is 0. The van der Waals surface area contributed by atoms with Crippen LogP contribution in [0.2, 0.25) is 0 Å². The minimum absolute atomic E-state index is 0.0269. The summed E-state index contributed by atoms with van der Waals surface area (Å²) in [5.41, 5.74) is 5.06. The highest BCUT2D eigenvalue weighted by atomic mass is 16.3. The second-order valence-corrected chi connectivity index (χ2v) is 6.46. The van der Waals surface area contributed by atoms with Crippen molar-refractivity contribution in [2.45, 2.75) is 69.4 Å². The number of rotatable bonds is 3. The van der Waals surface area contributed by atoms with Gasteiger partial charge >= 0.3 is 0 Å². The SMILES string of the molecule is CC1CCCC(CO)(NC(=O)C2(N)CCCC2)C1. The highest BCUT2D eigenvalue weighted by Gasteiger charge is 2.42. The topological polar surface area (TPSA) is 75.3 Å². The van der Waals surface area contributed by atoms with E-state index in [9.17, 15) is 9.90 Å². The summed E-state index contributed by atoms with van der Waals surface area (Å²) < 4.78 is 0. The second-order valence-electron chi connectivity index (χ2n) is 6.46. The number of hydrogen-bond donors (Lipinski definition) is 3. The monoisotopic (exact) mass is 254 g/mol. The Morgan fingerprint density at radius 1 is 1.33 bits per heavy atom. The van der Waals surface area contributed by atoms with E-state index in [0.29, 0.717) is 5.92 Å². The van der Waals surface area contributed by atoms with E-state index in [1.54, 1.807) is 0 Å². The molecule has 0 spiro atoms. The van der Waals surface area contributed by atoms with Crippen LogP contribution in [0.3, 0.4) is 0 Å². The molecule has 0 aromatic heterocycles. The quantitative estimate of drug-likeness (QED) is 0.711. The number of aliphatic hydroxyl groups excluding tert-OH is 1. The maximum absolute atomic E-state index is 12.4. The molecule has 0 bridgehead atoms. The van der Waals surface area contributed by atoms with E-state index < -0.39 is 11.1 Å². The molecule has 0 aromatic rings. The number of nitrogens with two attached hydrogens (primary N) is 1. The van der Waals surface area contributed by atoms with Gasteiger partial charge < -0.3 is 16.2 Å². The maximum atomic E-state index is 12.4. The normalized spacial score (nSPS) is 35.4. The Hall–Kier alpha value is -0.610. The van der Waals surface area contributed by atoms with Crippen molar-refractivity contribution < 1.29 is 9.90 Å². The van der Waals surface area contributed by atoms with Crippen LogP contribution < -0.4 is 11.1 Å². The van der Waals surface area contributed by atoms with E-state index in [1.165, 1.54) is 6.42 Å². The van der Waals surface area contributed by atoms with E-state index >= 15 is 0 Å². The van der Waals surface area contributed by atoms with Crippen molar-refractivity contribution in [1.82, 2.24) is 5.32 Å². The summed E-state index contributed by atoms with van der Waals surface area (Å²) in [4.78, 5) is 12.4. The van der Waals surface area contributed by atoms with Gasteiger partial charge in [-0.15, -0.1) is 0 Å². The molecular formula is C14H26N2O2. The second kappa shape index (κ2) is 5.17. The molecule has 2 fully saturated rings. The molecule has 2 unspecified atom stereocenters. The molecule has 4 N–H and O–H groups in total. The molecule has 18 heavy (non-hydrogen) atoms. The Morgan fingerprint density at radius 2 is 2.00 bits per heavy atom. The number of nitrogens with one attached hydrogen (secondary N) is 1. The van der Waals surface area contributed by atoms with Crippen molar-refractivity contribution >= 4 is 5.91 Å². The minimum Gasteiger partial charge on any atom is -0.394 e. The lowest BCUT2D eigenvalue weighted by molar-refractivity contribution is -0.129. The largest absolute Gasteiger partial charge is 0.394 e. The van der Waals surface area contributed by atoms with Crippen LogP contribution in [0.1, 0.15) is 58.3 Å². The molecule has 2 rings (SSSR count). The molecule has 0 aliphatic heterocycles. The highest BCUT2D eigenvalue weighted by Crippen LogP contribution is 2.34. The molecule has 2 atom stereocenters. The molecule has 2 saturated carbocycles. The summed E-state index contributed by atoms with van der Waals surface area (Å²) in [6, 6.07) is 0. The van der Waals surface area contributed by atoms with Crippen LogP contribution in [0.15, 0.2) is 0 Å². The zero-order valence-corrected chi connectivity index (χ0v) is 11.4. The molecular weight excluding hydrogens is 228 g/mol. The lowest BCUT2D eigenvalue weighted by Crippen LogP contribution is -2.61. The molecule has 104 valence electrons. The Balaban J connectivity index is 2.03. The fourth-order valence-electron chi connectivity index (χ4n) is 3.56. The molecule has 2 aliphatic carbocycles. The Morgan fingerprint density at radius 3 is 2.56 bits per heavy atom. The molecule has 0 aromatic carbocycles. The number of hydrogen-bond acceptors (Lipinski definition) is 3. The molecule has 0 saturated heterocycles. The van der Waals surface area contributed by atoms with Crippen molar-refractivity contribution in [3.8, 4) is 0 Å². The summed E-state index contributed by atoms with van der Waals surface area (Å²) in [6.07, 6.45) is 7.61. The van der Waals surface area contributed by atoms with Crippen LogP contribution >= 0.6 is 0 Å². The van der Waals surface area contributed by atoms with Crippen LogP contribution in [0, 0.1) is 5.92 Å². The van der Waals surface area contributed by atoms with Gasteiger partial charge in [-0.25, -0.2) is 0 Å². The highest BCUT2D eigenvalue weighted by molar-refractivity contribution is 5.87. The van der Waals surface area contributed by atoms with Gasteiger partial charge in [0.2, 0.25) is 5.91 Å². The van der Waals surface area contributed by atoms with Gasteiger partial charge in [0.25, 0.3) is 0 Å². The predicted octanol–water partition coefficient (Wildman–Crippen LogP) is 1.32. The minimum atomic E-state index is -0.692. The third kappa shape index (κ3) is 2.69. The van der Waals surface area contributed by atoms with Crippen molar-refractivity contribution in [2.75, 3.05) is 6.61 Å². The van der Waals surface area contributed by atoms with Crippen LogP contribution in [0.5, 0.6) is 0 Å². The summed E-state index contributed by atoms with van der Waals surface area (Å²) in [5, 5.41) is 12.8. The molecule has 4 nitrogen and oxygen atoms in total. The predicted molar refractivity (Wildman–Crippen MR) is 71.0 cm³/mol. The first-order valence-electron chi connectivity index (χ1n) is 7.22. The fourth-order valence-corrected chi connectivity index (χ4v) is 3.56. The molecule has 1 amide bonds. The van der Waals surface area contributed by atoms with Gasteiger partial charge in [-0.1, -0.05) is 32.6 Å². The van der Waals surface area contributed by atoms with Gasteiger partial charge in [0, 0.05) is 0 Å². The first-order chi connectivity index (χ1) is 8.50. The van der Waals surface area contributed by atoms with E-state index in [-0.39, 0.29) is 12.5 Å². The number of aliphatic hydroxyl groups is 1. The third-order valence-electron chi connectivity index (χ3n) is 4.72. The van der Waals surface area contributed by atoms with Crippen molar-refractivity contribution in [2.24, 2.45) is 11.7 Å². The first kappa shape index (κ1) is 13.8. The molecule has 2 aliphatic rings. The molecule has 4 heteroatoms. The van der Waals surface area contributed by atoms with Crippen LogP contribution in [-0.4, -0.2) is 28.7 Å². The van der Waals surface area contributed by atoms with Gasteiger partial charge in [0.15, 0.2) is 0 Å². The Labute approximate surface area is 109 Å². The lowest BCUT2D eigenvalue weighted by Gasteiger charge is -2.41. The van der Waals surface area contributed by atoms with E-state index in [2.05, 4.69) is 12.2 Å². The van der Waals surface area contributed by atoms with E-state index in [0.717, 1.165) is 44.9 Å².